The van der Waals surface area contributed by atoms with Gasteiger partial charge in [-0.2, -0.15) is 18.3 Å². The zero-order valence-electron chi connectivity index (χ0n) is 14.5. The first-order valence-corrected chi connectivity index (χ1v) is 8.39. The predicted octanol–water partition coefficient (Wildman–Crippen LogP) is 4.24. The third kappa shape index (κ3) is 3.39. The summed E-state index contributed by atoms with van der Waals surface area (Å²) in [6, 6.07) is 12.8. The van der Waals surface area contributed by atoms with Gasteiger partial charge in [0, 0.05) is 23.8 Å². The van der Waals surface area contributed by atoms with Crippen molar-refractivity contribution in [2.24, 2.45) is 5.73 Å². The fraction of sp³-hybridized carbons (Fsp3) is 0.105. The molecule has 0 amide bonds. The van der Waals surface area contributed by atoms with Crippen molar-refractivity contribution in [3.8, 4) is 11.4 Å². The molecule has 0 radical (unpaired) electrons. The maximum Gasteiger partial charge on any atom is 0.418 e. The summed E-state index contributed by atoms with van der Waals surface area (Å²) in [5.41, 5.74) is 6.60. The molecule has 4 N–H and O–H groups in total. The molecule has 142 valence electrons. The lowest BCUT2D eigenvalue weighted by molar-refractivity contribution is -0.137. The summed E-state index contributed by atoms with van der Waals surface area (Å²) < 4.78 is 40.7. The molecule has 4 rings (SSSR count). The third-order valence-corrected chi connectivity index (χ3v) is 4.23. The van der Waals surface area contributed by atoms with Gasteiger partial charge in [-0.1, -0.05) is 12.1 Å². The highest BCUT2D eigenvalue weighted by Gasteiger charge is 2.35. The monoisotopic (exact) mass is 384 g/mol. The van der Waals surface area contributed by atoms with E-state index in [-0.39, 0.29) is 17.2 Å². The average Bonchev–Trinajstić information content (AvgIpc) is 3.12. The van der Waals surface area contributed by atoms with E-state index in [1.165, 1.54) is 12.3 Å². The second kappa shape index (κ2) is 6.93. The Morgan fingerprint density at radius 3 is 2.54 bits per heavy atom. The van der Waals surface area contributed by atoms with E-state index in [2.05, 4.69) is 25.5 Å². The summed E-state index contributed by atoms with van der Waals surface area (Å²) in [7, 11) is 0. The van der Waals surface area contributed by atoms with Crippen LogP contribution >= 0.6 is 0 Å². The van der Waals surface area contributed by atoms with Crippen LogP contribution in [-0.4, -0.2) is 20.2 Å². The molecule has 0 atom stereocenters. The van der Waals surface area contributed by atoms with Gasteiger partial charge in [0.05, 0.1) is 11.3 Å². The van der Waals surface area contributed by atoms with Crippen LogP contribution in [0.2, 0.25) is 0 Å². The average molecular weight is 384 g/mol. The molecular weight excluding hydrogens is 369 g/mol. The number of aromatic amines is 1. The molecule has 0 unspecified atom stereocenters. The zero-order chi connectivity index (χ0) is 19.7. The maximum atomic E-state index is 13.6. The van der Waals surface area contributed by atoms with Crippen molar-refractivity contribution in [1.82, 2.24) is 20.2 Å². The summed E-state index contributed by atoms with van der Waals surface area (Å²) >= 11 is 0. The molecule has 3 heterocycles. The minimum absolute atomic E-state index is 0.164. The number of pyridine rings is 2. The van der Waals surface area contributed by atoms with Crippen LogP contribution in [0.15, 0.2) is 54.7 Å². The fourth-order valence-electron chi connectivity index (χ4n) is 2.85. The van der Waals surface area contributed by atoms with Crippen LogP contribution in [-0.2, 0) is 12.7 Å². The highest BCUT2D eigenvalue weighted by molar-refractivity contribution is 5.90. The van der Waals surface area contributed by atoms with Crippen LogP contribution in [0.25, 0.3) is 22.4 Å². The number of fused-ring (bicyclic) bond motifs is 1. The number of alkyl halides is 3. The Morgan fingerprint density at radius 1 is 1.04 bits per heavy atom. The first-order chi connectivity index (χ1) is 13.5. The number of nitrogens with zero attached hydrogens (tertiary/aromatic N) is 3. The zero-order valence-corrected chi connectivity index (χ0v) is 14.5. The van der Waals surface area contributed by atoms with Crippen LogP contribution in [0.5, 0.6) is 0 Å². The lowest BCUT2D eigenvalue weighted by atomic mass is 10.1. The number of hydrogen-bond donors (Lipinski definition) is 3. The molecule has 1 aromatic carbocycles. The Balaban J connectivity index is 1.79. The Hall–Kier alpha value is -3.46. The van der Waals surface area contributed by atoms with Gasteiger partial charge in [0.15, 0.2) is 5.65 Å². The van der Waals surface area contributed by atoms with Crippen LogP contribution in [0.1, 0.15) is 11.1 Å². The molecule has 0 fully saturated rings. The molecule has 0 spiro atoms. The maximum absolute atomic E-state index is 13.6. The van der Waals surface area contributed by atoms with Crippen molar-refractivity contribution in [2.45, 2.75) is 12.7 Å². The van der Waals surface area contributed by atoms with Gasteiger partial charge in [-0.05, 0) is 42.0 Å². The lowest BCUT2D eigenvalue weighted by Crippen LogP contribution is -2.10. The number of halogens is 3. The number of anilines is 2. The fourth-order valence-corrected chi connectivity index (χ4v) is 2.85. The molecule has 6 nitrogen and oxygen atoms in total. The van der Waals surface area contributed by atoms with Gasteiger partial charge >= 0.3 is 6.18 Å². The van der Waals surface area contributed by atoms with E-state index in [4.69, 9.17) is 5.73 Å². The van der Waals surface area contributed by atoms with Crippen LogP contribution < -0.4 is 11.1 Å². The van der Waals surface area contributed by atoms with Crippen LogP contribution in [0, 0.1) is 0 Å². The van der Waals surface area contributed by atoms with Crippen molar-refractivity contribution in [3.63, 3.8) is 0 Å². The van der Waals surface area contributed by atoms with Crippen molar-refractivity contribution < 1.29 is 13.2 Å². The highest BCUT2D eigenvalue weighted by Crippen LogP contribution is 2.38. The van der Waals surface area contributed by atoms with E-state index in [9.17, 15) is 13.2 Å². The van der Waals surface area contributed by atoms with E-state index in [0.717, 1.165) is 11.6 Å². The van der Waals surface area contributed by atoms with Gasteiger partial charge in [0.25, 0.3) is 0 Å². The lowest BCUT2D eigenvalue weighted by Gasteiger charge is -2.14. The van der Waals surface area contributed by atoms with Gasteiger partial charge in [0.1, 0.15) is 11.5 Å². The number of rotatable bonds is 4. The Bertz CT molecular complexity index is 1120. The standard InChI is InChI=1S/C19H15F3N6/c20-19(21,22)14-7-8-15(25-12-5-3-11(10-23)4-6-12)26-17(14)16-13-2-1-9-24-18(13)28-27-16/h1-9H,10,23H2,(H,25,26)(H,24,27,28). The molecular formula is C19H15F3N6. The number of nitrogens with two attached hydrogens (primary N) is 1. The molecule has 0 aliphatic rings. The summed E-state index contributed by atoms with van der Waals surface area (Å²) in [6.07, 6.45) is -3.04. The minimum Gasteiger partial charge on any atom is -0.340 e. The molecule has 0 saturated carbocycles. The van der Waals surface area contributed by atoms with Crippen molar-refractivity contribution in [3.05, 3.63) is 65.9 Å². The van der Waals surface area contributed by atoms with E-state index in [0.29, 0.717) is 23.3 Å². The Morgan fingerprint density at radius 2 is 1.82 bits per heavy atom. The minimum atomic E-state index is -4.57. The molecule has 0 bridgehead atoms. The molecule has 3 aromatic heterocycles. The van der Waals surface area contributed by atoms with Crippen molar-refractivity contribution in [2.75, 3.05) is 5.32 Å². The van der Waals surface area contributed by atoms with Crippen molar-refractivity contribution >= 4 is 22.5 Å². The molecule has 0 saturated heterocycles. The summed E-state index contributed by atoms with van der Waals surface area (Å²) in [6.45, 7) is 0.407. The molecule has 9 heteroatoms. The smallest absolute Gasteiger partial charge is 0.340 e. The number of hydrogen-bond acceptors (Lipinski definition) is 5. The number of benzene rings is 1. The third-order valence-electron chi connectivity index (χ3n) is 4.23. The van der Waals surface area contributed by atoms with Crippen molar-refractivity contribution in [1.29, 1.82) is 0 Å². The van der Waals surface area contributed by atoms with Crippen LogP contribution in [0.3, 0.4) is 0 Å². The van der Waals surface area contributed by atoms with Gasteiger partial charge < -0.3 is 11.1 Å². The number of H-pyrrole nitrogens is 1. The van der Waals surface area contributed by atoms with E-state index in [1.54, 1.807) is 24.3 Å². The summed E-state index contributed by atoms with van der Waals surface area (Å²) in [5.74, 6) is 0.273. The van der Waals surface area contributed by atoms with E-state index >= 15 is 0 Å². The summed E-state index contributed by atoms with van der Waals surface area (Å²) in [4.78, 5) is 8.26. The number of aromatic nitrogens is 4. The second-order valence-corrected chi connectivity index (χ2v) is 6.09. The summed E-state index contributed by atoms with van der Waals surface area (Å²) in [5, 5.41) is 10.1. The molecule has 28 heavy (non-hydrogen) atoms. The second-order valence-electron chi connectivity index (χ2n) is 6.09. The largest absolute Gasteiger partial charge is 0.418 e. The predicted molar refractivity (Wildman–Crippen MR) is 99.7 cm³/mol. The molecule has 0 aliphatic heterocycles. The first kappa shape index (κ1) is 17.9. The Kier molecular flexibility index (Phi) is 4.44. The van der Waals surface area contributed by atoms with Gasteiger partial charge in [-0.25, -0.2) is 9.97 Å². The van der Waals surface area contributed by atoms with Gasteiger partial charge in [-0.15, -0.1) is 0 Å². The highest BCUT2D eigenvalue weighted by atomic mass is 19.4. The van der Waals surface area contributed by atoms with E-state index < -0.39 is 11.7 Å². The topological polar surface area (TPSA) is 92.5 Å². The van der Waals surface area contributed by atoms with Gasteiger partial charge in [0.2, 0.25) is 0 Å². The SMILES string of the molecule is NCc1ccc(Nc2ccc(C(F)(F)F)c(-c3[nH]nc4ncccc34)n2)cc1. The van der Waals surface area contributed by atoms with Gasteiger partial charge in [-0.3, -0.25) is 5.10 Å². The number of nitrogens with one attached hydrogen (secondary N) is 2. The normalized spacial score (nSPS) is 11.7. The van der Waals surface area contributed by atoms with Crippen LogP contribution in [0.4, 0.5) is 24.7 Å². The first-order valence-electron chi connectivity index (χ1n) is 8.39. The Labute approximate surface area is 157 Å². The quantitative estimate of drug-likeness (QED) is 0.489. The molecule has 0 aliphatic carbocycles. The molecule has 4 aromatic rings. The van der Waals surface area contributed by atoms with E-state index in [1.807, 2.05) is 12.1 Å².